The van der Waals surface area contributed by atoms with Crippen LogP contribution in [0.2, 0.25) is 0 Å². The van der Waals surface area contributed by atoms with Crippen molar-refractivity contribution in [2.24, 2.45) is 0 Å². The van der Waals surface area contributed by atoms with E-state index < -0.39 is 11.7 Å². The SMILES string of the molecule is CC(C)(C)OC(=O)Nc1cc(N)ccc1C(=O)N1CCCCC1. The number of carbonyl (C=O) groups excluding carboxylic acids is 2. The lowest BCUT2D eigenvalue weighted by atomic mass is 10.1. The molecule has 0 atom stereocenters. The molecule has 1 aliphatic rings. The lowest BCUT2D eigenvalue weighted by Crippen LogP contribution is -2.36. The first kappa shape index (κ1) is 17.1. The van der Waals surface area contributed by atoms with E-state index in [2.05, 4.69) is 5.32 Å². The molecule has 6 nitrogen and oxygen atoms in total. The molecule has 2 amide bonds. The Balaban J connectivity index is 2.19. The fourth-order valence-corrected chi connectivity index (χ4v) is 2.53. The molecule has 0 unspecified atom stereocenters. The number of hydrogen-bond donors (Lipinski definition) is 2. The van der Waals surface area contributed by atoms with E-state index in [9.17, 15) is 9.59 Å². The second-order valence-electron chi connectivity index (χ2n) is 6.78. The summed E-state index contributed by atoms with van der Waals surface area (Å²) in [7, 11) is 0. The Kier molecular flexibility index (Phi) is 5.13. The van der Waals surface area contributed by atoms with Crippen LogP contribution in [0.3, 0.4) is 0 Å². The molecule has 0 bridgehead atoms. The Morgan fingerprint density at radius 2 is 1.83 bits per heavy atom. The van der Waals surface area contributed by atoms with Crippen molar-refractivity contribution in [3.8, 4) is 0 Å². The first-order valence-electron chi connectivity index (χ1n) is 7.95. The van der Waals surface area contributed by atoms with Crippen LogP contribution in [0.5, 0.6) is 0 Å². The number of piperidine rings is 1. The average Bonchev–Trinajstić information content (AvgIpc) is 2.45. The molecule has 1 saturated heterocycles. The molecule has 0 saturated carbocycles. The van der Waals surface area contributed by atoms with Gasteiger partial charge in [-0.2, -0.15) is 0 Å². The molecular formula is C17H25N3O3. The Morgan fingerprint density at radius 3 is 2.43 bits per heavy atom. The van der Waals surface area contributed by atoms with Gasteiger partial charge in [0.1, 0.15) is 5.60 Å². The van der Waals surface area contributed by atoms with Gasteiger partial charge in [-0.15, -0.1) is 0 Å². The maximum atomic E-state index is 12.7. The zero-order valence-electron chi connectivity index (χ0n) is 14.0. The van der Waals surface area contributed by atoms with Gasteiger partial charge < -0.3 is 15.4 Å². The van der Waals surface area contributed by atoms with Crippen molar-refractivity contribution in [3.05, 3.63) is 23.8 Å². The summed E-state index contributed by atoms with van der Waals surface area (Å²) in [6, 6.07) is 4.90. The standard InChI is InChI=1S/C17H25N3O3/c1-17(2,3)23-16(22)19-14-11-12(18)7-8-13(14)15(21)20-9-5-4-6-10-20/h7-8,11H,4-6,9-10,18H2,1-3H3,(H,19,22). The highest BCUT2D eigenvalue weighted by molar-refractivity contribution is 6.03. The summed E-state index contributed by atoms with van der Waals surface area (Å²) in [5.74, 6) is -0.0873. The minimum Gasteiger partial charge on any atom is -0.444 e. The fraction of sp³-hybridized carbons (Fsp3) is 0.529. The summed E-state index contributed by atoms with van der Waals surface area (Å²) >= 11 is 0. The Labute approximate surface area is 137 Å². The van der Waals surface area contributed by atoms with Gasteiger partial charge in [-0.25, -0.2) is 4.79 Å². The zero-order valence-corrected chi connectivity index (χ0v) is 14.0. The zero-order chi connectivity index (χ0) is 17.0. The molecule has 1 fully saturated rings. The molecule has 2 rings (SSSR count). The van der Waals surface area contributed by atoms with Crippen LogP contribution in [0.1, 0.15) is 50.4 Å². The number of nitrogen functional groups attached to an aromatic ring is 1. The van der Waals surface area contributed by atoms with Gasteiger partial charge in [-0.05, 0) is 58.2 Å². The third-order valence-electron chi connectivity index (χ3n) is 3.55. The molecule has 1 heterocycles. The Morgan fingerprint density at radius 1 is 1.17 bits per heavy atom. The van der Waals surface area contributed by atoms with E-state index in [0.29, 0.717) is 16.9 Å². The number of carbonyl (C=O) groups is 2. The van der Waals surface area contributed by atoms with Gasteiger partial charge in [-0.3, -0.25) is 10.1 Å². The van der Waals surface area contributed by atoms with Crippen molar-refractivity contribution in [1.29, 1.82) is 0 Å². The Bertz CT molecular complexity index is 587. The van der Waals surface area contributed by atoms with Crippen molar-refractivity contribution in [1.82, 2.24) is 4.90 Å². The van der Waals surface area contributed by atoms with Crippen molar-refractivity contribution < 1.29 is 14.3 Å². The first-order chi connectivity index (χ1) is 10.8. The van der Waals surface area contributed by atoms with Crippen LogP contribution in [0.15, 0.2) is 18.2 Å². The van der Waals surface area contributed by atoms with E-state index in [1.165, 1.54) is 0 Å². The van der Waals surface area contributed by atoms with Crippen molar-refractivity contribution in [2.45, 2.75) is 45.6 Å². The van der Waals surface area contributed by atoms with E-state index in [1.54, 1.807) is 39.0 Å². The van der Waals surface area contributed by atoms with Crippen molar-refractivity contribution >= 4 is 23.4 Å². The monoisotopic (exact) mass is 319 g/mol. The normalized spacial score (nSPS) is 15.2. The van der Waals surface area contributed by atoms with Gasteiger partial charge in [0, 0.05) is 18.8 Å². The maximum Gasteiger partial charge on any atom is 0.412 e. The average molecular weight is 319 g/mol. The third-order valence-corrected chi connectivity index (χ3v) is 3.55. The van der Waals surface area contributed by atoms with Crippen LogP contribution < -0.4 is 11.1 Å². The molecule has 23 heavy (non-hydrogen) atoms. The summed E-state index contributed by atoms with van der Waals surface area (Å²) in [6.45, 7) is 6.84. The largest absolute Gasteiger partial charge is 0.444 e. The predicted octanol–water partition coefficient (Wildman–Crippen LogP) is 3.24. The molecule has 6 heteroatoms. The van der Waals surface area contributed by atoms with E-state index in [1.807, 2.05) is 4.90 Å². The molecule has 0 radical (unpaired) electrons. The van der Waals surface area contributed by atoms with Crippen LogP contribution in [0, 0.1) is 0 Å². The Hall–Kier alpha value is -2.24. The van der Waals surface area contributed by atoms with Crippen LogP contribution in [-0.4, -0.2) is 35.6 Å². The van der Waals surface area contributed by atoms with Crippen LogP contribution in [-0.2, 0) is 4.74 Å². The smallest absolute Gasteiger partial charge is 0.412 e. The minimum atomic E-state index is -0.610. The number of anilines is 2. The van der Waals surface area contributed by atoms with Crippen LogP contribution >= 0.6 is 0 Å². The van der Waals surface area contributed by atoms with Crippen molar-refractivity contribution in [2.75, 3.05) is 24.1 Å². The van der Waals surface area contributed by atoms with Gasteiger partial charge in [0.05, 0.1) is 11.3 Å². The number of rotatable bonds is 2. The molecular weight excluding hydrogens is 294 g/mol. The van der Waals surface area contributed by atoms with Gasteiger partial charge in [0.2, 0.25) is 0 Å². The molecule has 126 valence electrons. The molecule has 3 N–H and O–H groups in total. The van der Waals surface area contributed by atoms with E-state index >= 15 is 0 Å². The summed E-state index contributed by atoms with van der Waals surface area (Å²) < 4.78 is 5.25. The number of hydrogen-bond acceptors (Lipinski definition) is 4. The van der Waals surface area contributed by atoms with E-state index in [-0.39, 0.29) is 5.91 Å². The van der Waals surface area contributed by atoms with Gasteiger partial charge in [0.25, 0.3) is 5.91 Å². The van der Waals surface area contributed by atoms with Gasteiger partial charge in [-0.1, -0.05) is 0 Å². The molecule has 1 aliphatic heterocycles. The lowest BCUT2D eigenvalue weighted by molar-refractivity contribution is 0.0636. The molecule has 0 aliphatic carbocycles. The molecule has 0 aromatic heterocycles. The van der Waals surface area contributed by atoms with E-state index in [4.69, 9.17) is 10.5 Å². The number of benzene rings is 1. The number of nitrogens with one attached hydrogen (secondary N) is 1. The minimum absolute atomic E-state index is 0.0873. The highest BCUT2D eigenvalue weighted by Gasteiger charge is 2.23. The summed E-state index contributed by atoms with van der Waals surface area (Å²) in [4.78, 5) is 26.5. The third kappa shape index (κ3) is 4.87. The topological polar surface area (TPSA) is 84.7 Å². The maximum absolute atomic E-state index is 12.7. The number of ether oxygens (including phenoxy) is 1. The number of nitrogens with two attached hydrogens (primary N) is 1. The summed E-state index contributed by atoms with van der Waals surface area (Å²) in [5.41, 5.74) is 6.48. The molecule has 1 aromatic carbocycles. The number of amides is 2. The number of likely N-dealkylation sites (tertiary alicyclic amines) is 1. The fourth-order valence-electron chi connectivity index (χ4n) is 2.53. The molecule has 0 spiro atoms. The summed E-state index contributed by atoms with van der Waals surface area (Å²) in [6.07, 6.45) is 2.57. The molecule has 1 aromatic rings. The second-order valence-corrected chi connectivity index (χ2v) is 6.78. The van der Waals surface area contributed by atoms with E-state index in [0.717, 1.165) is 32.4 Å². The number of nitrogens with zero attached hydrogens (tertiary/aromatic N) is 1. The van der Waals surface area contributed by atoms with Gasteiger partial charge >= 0.3 is 6.09 Å². The van der Waals surface area contributed by atoms with Gasteiger partial charge in [0.15, 0.2) is 0 Å². The highest BCUT2D eigenvalue weighted by Crippen LogP contribution is 2.23. The lowest BCUT2D eigenvalue weighted by Gasteiger charge is -2.27. The highest BCUT2D eigenvalue weighted by atomic mass is 16.6. The van der Waals surface area contributed by atoms with Crippen molar-refractivity contribution in [3.63, 3.8) is 0 Å². The van der Waals surface area contributed by atoms with Crippen LogP contribution in [0.25, 0.3) is 0 Å². The second kappa shape index (κ2) is 6.89. The summed E-state index contributed by atoms with van der Waals surface area (Å²) in [5, 5.41) is 2.64. The predicted molar refractivity (Wildman–Crippen MR) is 90.5 cm³/mol. The van der Waals surface area contributed by atoms with Crippen LogP contribution in [0.4, 0.5) is 16.2 Å². The quantitative estimate of drug-likeness (QED) is 0.820. The first-order valence-corrected chi connectivity index (χ1v) is 7.95.